The van der Waals surface area contributed by atoms with Gasteiger partial charge >= 0.3 is 5.97 Å². The number of ketones is 1. The molecule has 0 aromatic carbocycles. The van der Waals surface area contributed by atoms with Gasteiger partial charge in [-0.3, -0.25) is 9.59 Å². The molecule has 4 rings (SSSR count). The van der Waals surface area contributed by atoms with E-state index in [1.54, 1.807) is 6.08 Å². The Morgan fingerprint density at radius 1 is 1.20 bits per heavy atom. The predicted octanol–water partition coefficient (Wildman–Crippen LogP) is 4.63. The van der Waals surface area contributed by atoms with Gasteiger partial charge in [0.15, 0.2) is 5.78 Å². The highest BCUT2D eigenvalue weighted by Crippen LogP contribution is 2.68. The molecule has 4 aliphatic rings. The number of aliphatic carboxylic acids is 1. The van der Waals surface area contributed by atoms with E-state index in [9.17, 15) is 14.7 Å². The van der Waals surface area contributed by atoms with Crippen molar-refractivity contribution in [3.63, 3.8) is 0 Å². The molecular weight excluding hydrogens is 312 g/mol. The lowest BCUT2D eigenvalue weighted by atomic mass is 9.45. The number of carboxylic acid groups (broad SMARTS) is 1. The van der Waals surface area contributed by atoms with E-state index in [2.05, 4.69) is 26.8 Å². The van der Waals surface area contributed by atoms with E-state index in [0.717, 1.165) is 38.5 Å². The van der Waals surface area contributed by atoms with Crippen LogP contribution in [0.3, 0.4) is 0 Å². The highest BCUT2D eigenvalue weighted by Gasteiger charge is 2.62. The SMILES string of the molecule is CC(C)[C@]12CC[C@H]3[C@@H](CCC4=CC(=O)C=C[C@@]43C)[C@@H]1CC[C@@H]2C(=O)O. The van der Waals surface area contributed by atoms with Crippen molar-refractivity contribution in [1.29, 1.82) is 0 Å². The Kier molecular flexibility index (Phi) is 3.79. The Bertz CT molecular complexity index is 673. The second-order valence-corrected chi connectivity index (χ2v) is 9.38. The van der Waals surface area contributed by atoms with Crippen LogP contribution in [-0.4, -0.2) is 16.9 Å². The zero-order valence-corrected chi connectivity index (χ0v) is 15.6. The molecule has 136 valence electrons. The third kappa shape index (κ3) is 2.17. The lowest BCUT2D eigenvalue weighted by Crippen LogP contribution is -2.53. The summed E-state index contributed by atoms with van der Waals surface area (Å²) < 4.78 is 0. The second-order valence-electron chi connectivity index (χ2n) is 9.38. The minimum Gasteiger partial charge on any atom is -0.481 e. The number of fused-ring (bicyclic) bond motifs is 5. The lowest BCUT2D eigenvalue weighted by molar-refractivity contribution is -0.153. The quantitative estimate of drug-likeness (QED) is 0.796. The Morgan fingerprint density at radius 3 is 2.64 bits per heavy atom. The monoisotopic (exact) mass is 342 g/mol. The van der Waals surface area contributed by atoms with E-state index in [0.29, 0.717) is 23.7 Å². The van der Waals surface area contributed by atoms with Crippen LogP contribution in [0.25, 0.3) is 0 Å². The number of carboxylic acids is 1. The van der Waals surface area contributed by atoms with Crippen molar-refractivity contribution >= 4 is 11.8 Å². The molecule has 0 radical (unpaired) electrons. The highest BCUT2D eigenvalue weighted by molar-refractivity contribution is 6.01. The van der Waals surface area contributed by atoms with Gasteiger partial charge in [-0.15, -0.1) is 0 Å². The summed E-state index contributed by atoms with van der Waals surface area (Å²) in [5.74, 6) is 1.46. The minimum atomic E-state index is -0.583. The lowest BCUT2D eigenvalue weighted by Gasteiger charge is -2.58. The zero-order chi connectivity index (χ0) is 18.0. The standard InChI is InChI=1S/C22H30O3/c1-13(2)22-11-9-17-16(18(22)6-7-19(22)20(24)25)5-4-14-12-15(23)8-10-21(14,17)3/h8,10,12-13,16-19H,4-7,9,11H2,1-3H3,(H,24,25)/t16-,17+,18+,19-,21+,22-/m1/s1. The van der Waals surface area contributed by atoms with Gasteiger partial charge in [-0.25, -0.2) is 0 Å². The van der Waals surface area contributed by atoms with Crippen LogP contribution in [0.4, 0.5) is 0 Å². The van der Waals surface area contributed by atoms with Gasteiger partial charge in [0.25, 0.3) is 0 Å². The summed E-state index contributed by atoms with van der Waals surface area (Å²) in [7, 11) is 0. The van der Waals surface area contributed by atoms with Crippen LogP contribution in [-0.2, 0) is 9.59 Å². The molecule has 3 saturated carbocycles. The molecule has 0 aromatic heterocycles. The van der Waals surface area contributed by atoms with Gasteiger partial charge in [0.1, 0.15) is 0 Å². The smallest absolute Gasteiger partial charge is 0.307 e. The highest BCUT2D eigenvalue weighted by atomic mass is 16.4. The van der Waals surface area contributed by atoms with Gasteiger partial charge in [0.05, 0.1) is 5.92 Å². The Balaban J connectivity index is 1.72. The summed E-state index contributed by atoms with van der Waals surface area (Å²) in [6, 6.07) is 0. The summed E-state index contributed by atoms with van der Waals surface area (Å²) >= 11 is 0. The van der Waals surface area contributed by atoms with Crippen molar-refractivity contribution in [2.24, 2.45) is 40.4 Å². The van der Waals surface area contributed by atoms with E-state index < -0.39 is 5.97 Å². The van der Waals surface area contributed by atoms with Crippen molar-refractivity contribution in [1.82, 2.24) is 0 Å². The van der Waals surface area contributed by atoms with Gasteiger partial charge in [-0.2, -0.15) is 0 Å². The van der Waals surface area contributed by atoms with E-state index in [-0.39, 0.29) is 22.5 Å². The molecule has 4 aliphatic carbocycles. The average molecular weight is 342 g/mol. The van der Waals surface area contributed by atoms with E-state index >= 15 is 0 Å². The van der Waals surface area contributed by atoms with Gasteiger partial charge < -0.3 is 5.11 Å². The van der Waals surface area contributed by atoms with E-state index in [1.165, 1.54) is 5.57 Å². The van der Waals surface area contributed by atoms with Crippen molar-refractivity contribution in [3.05, 3.63) is 23.8 Å². The first-order valence-electron chi connectivity index (χ1n) is 9.97. The molecular formula is C22H30O3. The van der Waals surface area contributed by atoms with E-state index in [1.807, 2.05) is 6.08 Å². The summed E-state index contributed by atoms with van der Waals surface area (Å²) in [4.78, 5) is 23.8. The first-order chi connectivity index (χ1) is 11.8. The van der Waals surface area contributed by atoms with Crippen molar-refractivity contribution in [3.8, 4) is 0 Å². The second kappa shape index (κ2) is 5.56. The normalized spacial score (nSPS) is 45.6. The Labute approximate surface area is 150 Å². The van der Waals surface area contributed by atoms with Crippen molar-refractivity contribution < 1.29 is 14.7 Å². The first kappa shape index (κ1) is 17.1. The molecule has 0 aromatic rings. The summed E-state index contributed by atoms with van der Waals surface area (Å²) in [5.41, 5.74) is 1.28. The molecule has 0 bridgehead atoms. The largest absolute Gasteiger partial charge is 0.481 e. The molecule has 3 nitrogen and oxygen atoms in total. The minimum absolute atomic E-state index is 0.00127. The number of allylic oxidation sites excluding steroid dienone is 4. The molecule has 1 N–H and O–H groups in total. The molecule has 25 heavy (non-hydrogen) atoms. The van der Waals surface area contributed by atoms with E-state index in [4.69, 9.17) is 0 Å². The van der Waals surface area contributed by atoms with Gasteiger partial charge in [-0.05, 0) is 79.8 Å². The van der Waals surface area contributed by atoms with Crippen LogP contribution in [0.15, 0.2) is 23.8 Å². The van der Waals surface area contributed by atoms with Crippen molar-refractivity contribution in [2.75, 3.05) is 0 Å². The van der Waals surface area contributed by atoms with Crippen molar-refractivity contribution in [2.45, 2.75) is 59.3 Å². The number of hydrogen-bond acceptors (Lipinski definition) is 2. The molecule has 0 heterocycles. The summed E-state index contributed by atoms with van der Waals surface area (Å²) in [6.07, 6.45) is 11.9. The van der Waals surface area contributed by atoms with Gasteiger partial charge in [0.2, 0.25) is 0 Å². The fourth-order valence-corrected chi connectivity index (χ4v) is 7.40. The predicted molar refractivity (Wildman–Crippen MR) is 96.9 cm³/mol. The number of carbonyl (C=O) groups excluding carboxylic acids is 1. The van der Waals surface area contributed by atoms with Crippen LogP contribution >= 0.6 is 0 Å². The molecule has 3 fully saturated rings. The zero-order valence-electron chi connectivity index (χ0n) is 15.6. The third-order valence-corrected chi connectivity index (χ3v) is 8.52. The first-order valence-corrected chi connectivity index (χ1v) is 9.97. The number of hydrogen-bond donors (Lipinski definition) is 1. The van der Waals surface area contributed by atoms with Crippen LogP contribution in [0, 0.1) is 40.4 Å². The van der Waals surface area contributed by atoms with Crippen LogP contribution in [0.5, 0.6) is 0 Å². The number of carbonyl (C=O) groups is 2. The Morgan fingerprint density at radius 2 is 1.96 bits per heavy atom. The molecule has 0 spiro atoms. The average Bonchev–Trinajstić information content (AvgIpc) is 2.96. The maximum atomic E-state index is 12.0. The summed E-state index contributed by atoms with van der Waals surface area (Å²) in [6.45, 7) is 6.79. The Hall–Kier alpha value is -1.38. The van der Waals surface area contributed by atoms with Gasteiger partial charge in [0, 0.05) is 5.41 Å². The maximum Gasteiger partial charge on any atom is 0.307 e. The molecule has 0 aliphatic heterocycles. The van der Waals surface area contributed by atoms with Crippen LogP contribution < -0.4 is 0 Å². The van der Waals surface area contributed by atoms with Gasteiger partial charge in [-0.1, -0.05) is 32.4 Å². The molecule has 0 saturated heterocycles. The molecule has 0 unspecified atom stereocenters. The number of rotatable bonds is 2. The van der Waals surface area contributed by atoms with Crippen LogP contribution in [0.2, 0.25) is 0 Å². The third-order valence-electron chi connectivity index (χ3n) is 8.52. The fraction of sp³-hybridized carbons (Fsp3) is 0.727. The summed E-state index contributed by atoms with van der Waals surface area (Å²) in [5, 5.41) is 9.87. The molecule has 3 heteroatoms. The maximum absolute atomic E-state index is 12.0. The van der Waals surface area contributed by atoms with Crippen LogP contribution in [0.1, 0.15) is 59.3 Å². The topological polar surface area (TPSA) is 54.4 Å². The molecule has 0 amide bonds. The molecule has 6 atom stereocenters. The fourth-order valence-electron chi connectivity index (χ4n) is 7.40.